The van der Waals surface area contributed by atoms with Crippen LogP contribution in [0.15, 0.2) is 72.3 Å². The Kier molecular flexibility index (Phi) is 5.81. The van der Waals surface area contributed by atoms with Gasteiger partial charge in [-0.05, 0) is 54.3 Å². The van der Waals surface area contributed by atoms with Crippen LogP contribution in [0.2, 0.25) is 0 Å². The zero-order valence-corrected chi connectivity index (χ0v) is 19.9. The molecule has 2 aliphatic rings. The Balaban J connectivity index is 1.67. The number of aryl methyl sites for hydroxylation is 1. The third-order valence-corrected chi connectivity index (χ3v) is 6.46. The van der Waals surface area contributed by atoms with Gasteiger partial charge in [0.2, 0.25) is 0 Å². The van der Waals surface area contributed by atoms with Crippen molar-refractivity contribution in [1.29, 1.82) is 0 Å². The van der Waals surface area contributed by atoms with Gasteiger partial charge in [-0.3, -0.25) is 14.5 Å². The topological polar surface area (TPSA) is 76.1 Å². The first-order valence-electron chi connectivity index (χ1n) is 11.7. The number of fused-ring (bicyclic) bond motifs is 1. The van der Waals surface area contributed by atoms with E-state index >= 15 is 0 Å². The number of ketones is 1. The van der Waals surface area contributed by atoms with E-state index in [1.54, 1.807) is 18.2 Å². The van der Waals surface area contributed by atoms with Gasteiger partial charge in [-0.25, -0.2) is 0 Å². The summed E-state index contributed by atoms with van der Waals surface area (Å²) in [6.45, 7) is 7.00. The summed E-state index contributed by atoms with van der Waals surface area (Å²) in [5.41, 5.74) is 3.90. The lowest BCUT2D eigenvalue weighted by molar-refractivity contribution is -0.132. The van der Waals surface area contributed by atoms with Crippen LogP contribution >= 0.6 is 0 Å². The molecule has 0 radical (unpaired) electrons. The molecule has 2 heterocycles. The molecule has 1 saturated heterocycles. The second kappa shape index (κ2) is 8.95. The molecule has 1 fully saturated rings. The van der Waals surface area contributed by atoms with Crippen molar-refractivity contribution in [2.24, 2.45) is 0 Å². The van der Waals surface area contributed by atoms with Crippen LogP contribution in [0.5, 0.6) is 11.5 Å². The summed E-state index contributed by atoms with van der Waals surface area (Å²) in [5.74, 6) is -0.236. The molecule has 0 saturated carbocycles. The largest absolute Gasteiger partial charge is 0.507 e. The average molecular weight is 470 g/mol. The van der Waals surface area contributed by atoms with Crippen LogP contribution in [0, 0.1) is 6.92 Å². The van der Waals surface area contributed by atoms with Gasteiger partial charge < -0.3 is 14.6 Å². The van der Waals surface area contributed by atoms with Crippen molar-refractivity contribution < 1.29 is 24.2 Å². The first-order valence-corrected chi connectivity index (χ1v) is 11.7. The molecule has 1 unspecified atom stereocenters. The Labute approximate surface area is 204 Å². The number of Topliss-reactive ketones (excluding diaryl/α,β-unsaturated/α-hetero) is 1. The number of aliphatic hydroxyl groups excluding tert-OH is 1. The Morgan fingerprint density at radius 1 is 0.943 bits per heavy atom. The minimum absolute atomic E-state index is 0.0465. The van der Waals surface area contributed by atoms with E-state index in [2.05, 4.69) is 13.8 Å². The van der Waals surface area contributed by atoms with E-state index in [4.69, 9.17) is 9.47 Å². The van der Waals surface area contributed by atoms with Gasteiger partial charge in [0.05, 0.1) is 11.6 Å². The fourth-order valence-corrected chi connectivity index (χ4v) is 4.62. The molecule has 2 aliphatic heterocycles. The highest BCUT2D eigenvalue weighted by Gasteiger charge is 2.47. The summed E-state index contributed by atoms with van der Waals surface area (Å²) >= 11 is 0. The van der Waals surface area contributed by atoms with Crippen molar-refractivity contribution in [3.63, 3.8) is 0 Å². The number of rotatable bonds is 4. The van der Waals surface area contributed by atoms with E-state index in [9.17, 15) is 14.7 Å². The standard InChI is InChI=1S/C29H27NO5/c1-17(2)19-7-10-22(11-8-19)30-26(20-6-4-5-18(3)15-20)25(28(32)29(30)33)27(31)21-9-12-23-24(16-21)35-14-13-34-23/h4-12,15-17,26,31H,13-14H2,1-3H3/b27-25-. The Bertz CT molecular complexity index is 1340. The molecule has 3 aromatic carbocycles. The fraction of sp³-hybridized carbons (Fsp3) is 0.241. The number of anilines is 1. The molecule has 0 aliphatic carbocycles. The first kappa shape index (κ1) is 22.7. The van der Waals surface area contributed by atoms with E-state index in [1.165, 1.54) is 4.90 Å². The highest BCUT2D eigenvalue weighted by Crippen LogP contribution is 2.43. The molecule has 1 amide bonds. The zero-order chi connectivity index (χ0) is 24.7. The van der Waals surface area contributed by atoms with Gasteiger partial charge in [-0.2, -0.15) is 0 Å². The number of carbonyl (C=O) groups excluding carboxylic acids is 2. The third-order valence-electron chi connectivity index (χ3n) is 6.46. The maximum absolute atomic E-state index is 13.4. The fourth-order valence-electron chi connectivity index (χ4n) is 4.62. The zero-order valence-electron chi connectivity index (χ0n) is 19.9. The van der Waals surface area contributed by atoms with Crippen molar-refractivity contribution in [1.82, 2.24) is 0 Å². The van der Waals surface area contributed by atoms with Crippen LogP contribution in [-0.4, -0.2) is 30.0 Å². The number of nitrogens with zero attached hydrogens (tertiary/aromatic N) is 1. The molecular weight excluding hydrogens is 442 g/mol. The number of hydrogen-bond acceptors (Lipinski definition) is 5. The lowest BCUT2D eigenvalue weighted by Gasteiger charge is -2.26. The highest BCUT2D eigenvalue weighted by atomic mass is 16.6. The van der Waals surface area contributed by atoms with Crippen LogP contribution in [0.3, 0.4) is 0 Å². The maximum Gasteiger partial charge on any atom is 0.300 e. The molecule has 1 atom stereocenters. The molecule has 35 heavy (non-hydrogen) atoms. The van der Waals surface area contributed by atoms with Gasteiger partial charge in [0, 0.05) is 11.3 Å². The molecular formula is C29H27NO5. The Morgan fingerprint density at radius 3 is 2.34 bits per heavy atom. The van der Waals surface area contributed by atoms with Gasteiger partial charge in [0.1, 0.15) is 19.0 Å². The SMILES string of the molecule is Cc1cccc(C2/C(=C(/O)c3ccc4c(c3)OCCO4)C(=O)C(=O)N2c2ccc(C(C)C)cc2)c1. The summed E-state index contributed by atoms with van der Waals surface area (Å²) in [7, 11) is 0. The van der Waals surface area contributed by atoms with Crippen LogP contribution < -0.4 is 14.4 Å². The monoisotopic (exact) mass is 469 g/mol. The van der Waals surface area contributed by atoms with E-state index < -0.39 is 17.7 Å². The number of hydrogen-bond donors (Lipinski definition) is 1. The van der Waals surface area contributed by atoms with Crippen molar-refractivity contribution in [2.45, 2.75) is 32.7 Å². The van der Waals surface area contributed by atoms with Crippen LogP contribution in [-0.2, 0) is 9.59 Å². The number of amides is 1. The molecule has 1 N–H and O–H groups in total. The van der Waals surface area contributed by atoms with Crippen molar-refractivity contribution in [3.8, 4) is 11.5 Å². The molecule has 5 rings (SSSR count). The highest BCUT2D eigenvalue weighted by molar-refractivity contribution is 6.51. The van der Waals surface area contributed by atoms with E-state index in [1.807, 2.05) is 55.5 Å². The van der Waals surface area contributed by atoms with Crippen molar-refractivity contribution >= 4 is 23.1 Å². The van der Waals surface area contributed by atoms with Crippen LogP contribution in [0.1, 0.15) is 48.1 Å². The summed E-state index contributed by atoms with van der Waals surface area (Å²) < 4.78 is 11.2. The lowest BCUT2D eigenvalue weighted by atomic mass is 9.94. The third kappa shape index (κ3) is 4.05. The molecule has 6 heteroatoms. The van der Waals surface area contributed by atoms with E-state index in [0.29, 0.717) is 41.9 Å². The summed E-state index contributed by atoms with van der Waals surface area (Å²) in [4.78, 5) is 28.2. The van der Waals surface area contributed by atoms with Crippen molar-refractivity contribution in [2.75, 3.05) is 18.1 Å². The average Bonchev–Trinajstić information content (AvgIpc) is 3.13. The molecule has 178 valence electrons. The second-order valence-electron chi connectivity index (χ2n) is 9.19. The number of ether oxygens (including phenoxy) is 2. The normalized spacial score (nSPS) is 18.9. The molecule has 0 spiro atoms. The van der Waals surface area contributed by atoms with Crippen LogP contribution in [0.25, 0.3) is 5.76 Å². The molecule has 0 bridgehead atoms. The van der Waals surface area contributed by atoms with E-state index in [0.717, 1.165) is 16.7 Å². The Hall–Kier alpha value is -4.06. The smallest absolute Gasteiger partial charge is 0.300 e. The minimum Gasteiger partial charge on any atom is -0.507 e. The summed E-state index contributed by atoms with van der Waals surface area (Å²) in [5, 5.41) is 11.4. The van der Waals surface area contributed by atoms with Gasteiger partial charge in [-0.1, -0.05) is 55.8 Å². The molecule has 6 nitrogen and oxygen atoms in total. The van der Waals surface area contributed by atoms with Gasteiger partial charge in [-0.15, -0.1) is 0 Å². The number of benzene rings is 3. The second-order valence-corrected chi connectivity index (χ2v) is 9.19. The van der Waals surface area contributed by atoms with Crippen LogP contribution in [0.4, 0.5) is 5.69 Å². The summed E-state index contributed by atoms with van der Waals surface area (Å²) in [6.07, 6.45) is 0. The van der Waals surface area contributed by atoms with E-state index in [-0.39, 0.29) is 11.3 Å². The number of carbonyl (C=O) groups is 2. The Morgan fingerprint density at radius 2 is 1.66 bits per heavy atom. The minimum atomic E-state index is -0.770. The lowest BCUT2D eigenvalue weighted by Crippen LogP contribution is -2.29. The van der Waals surface area contributed by atoms with Gasteiger partial charge in [0.25, 0.3) is 11.7 Å². The molecule has 0 aromatic heterocycles. The number of aliphatic hydroxyl groups is 1. The quantitative estimate of drug-likeness (QED) is 0.310. The predicted octanol–water partition coefficient (Wildman–Crippen LogP) is 5.52. The van der Waals surface area contributed by atoms with Gasteiger partial charge >= 0.3 is 0 Å². The van der Waals surface area contributed by atoms with Gasteiger partial charge in [0.15, 0.2) is 11.5 Å². The maximum atomic E-state index is 13.4. The predicted molar refractivity (Wildman–Crippen MR) is 134 cm³/mol. The van der Waals surface area contributed by atoms with Crippen molar-refractivity contribution in [3.05, 3.63) is 94.6 Å². The summed E-state index contributed by atoms with van der Waals surface area (Å²) in [6, 6.07) is 19.5. The first-order chi connectivity index (χ1) is 16.8. The molecule has 3 aromatic rings.